The lowest BCUT2D eigenvalue weighted by Crippen LogP contribution is -2.32. The SMILES string of the molecule is O=C(O)CCCS(=O)(=O)NCC1CCNC1. The van der Waals surface area contributed by atoms with Gasteiger partial charge in [0.25, 0.3) is 0 Å². The van der Waals surface area contributed by atoms with Crippen LogP contribution in [0.4, 0.5) is 0 Å². The van der Waals surface area contributed by atoms with Gasteiger partial charge in [0.05, 0.1) is 5.75 Å². The highest BCUT2D eigenvalue weighted by atomic mass is 32.2. The predicted octanol–water partition coefficient (Wildman–Crippen LogP) is -0.620. The lowest BCUT2D eigenvalue weighted by atomic mass is 10.1. The number of sulfonamides is 1. The van der Waals surface area contributed by atoms with Gasteiger partial charge in [-0.2, -0.15) is 0 Å². The van der Waals surface area contributed by atoms with Crippen LogP contribution in [0.2, 0.25) is 0 Å². The van der Waals surface area contributed by atoms with Gasteiger partial charge >= 0.3 is 5.97 Å². The number of hydrogen-bond donors (Lipinski definition) is 3. The molecule has 1 aliphatic rings. The summed E-state index contributed by atoms with van der Waals surface area (Å²) in [5.41, 5.74) is 0. The first-order chi connectivity index (χ1) is 7.49. The van der Waals surface area contributed by atoms with Crippen molar-refractivity contribution in [2.24, 2.45) is 5.92 Å². The minimum atomic E-state index is -3.31. The Morgan fingerprint density at radius 1 is 1.50 bits per heavy atom. The first-order valence-electron chi connectivity index (χ1n) is 5.39. The van der Waals surface area contributed by atoms with Gasteiger partial charge in [0, 0.05) is 13.0 Å². The predicted molar refractivity (Wildman–Crippen MR) is 59.6 cm³/mol. The van der Waals surface area contributed by atoms with E-state index in [-0.39, 0.29) is 18.6 Å². The van der Waals surface area contributed by atoms with Gasteiger partial charge in [0.15, 0.2) is 0 Å². The third-order valence-electron chi connectivity index (χ3n) is 2.56. The van der Waals surface area contributed by atoms with Crippen LogP contribution < -0.4 is 10.0 Å². The molecule has 0 amide bonds. The molecule has 1 aliphatic heterocycles. The molecule has 1 fully saturated rings. The Labute approximate surface area is 95.5 Å². The van der Waals surface area contributed by atoms with Gasteiger partial charge in [-0.3, -0.25) is 4.79 Å². The second-order valence-corrected chi connectivity index (χ2v) is 5.95. The molecule has 0 spiro atoms. The van der Waals surface area contributed by atoms with Crippen LogP contribution in [0.25, 0.3) is 0 Å². The van der Waals surface area contributed by atoms with E-state index in [1.165, 1.54) is 0 Å². The van der Waals surface area contributed by atoms with Crippen LogP contribution in [0.1, 0.15) is 19.3 Å². The Morgan fingerprint density at radius 2 is 2.25 bits per heavy atom. The fourth-order valence-corrected chi connectivity index (χ4v) is 2.78. The normalized spacial score (nSPS) is 21.1. The van der Waals surface area contributed by atoms with E-state index in [1.807, 2.05) is 0 Å². The van der Waals surface area contributed by atoms with E-state index in [0.717, 1.165) is 19.5 Å². The number of carboxylic acid groups (broad SMARTS) is 1. The third kappa shape index (κ3) is 5.43. The molecule has 7 heteroatoms. The number of carbonyl (C=O) groups is 1. The van der Waals surface area contributed by atoms with E-state index in [1.54, 1.807) is 0 Å². The monoisotopic (exact) mass is 250 g/mol. The minimum Gasteiger partial charge on any atom is -0.481 e. The fraction of sp³-hybridized carbons (Fsp3) is 0.889. The van der Waals surface area contributed by atoms with E-state index < -0.39 is 16.0 Å². The number of carboxylic acids is 1. The Kier molecular flexibility index (Phi) is 5.17. The maximum Gasteiger partial charge on any atom is 0.303 e. The fourth-order valence-electron chi connectivity index (χ4n) is 1.62. The summed E-state index contributed by atoms with van der Waals surface area (Å²) in [4.78, 5) is 10.2. The molecule has 6 nitrogen and oxygen atoms in total. The summed E-state index contributed by atoms with van der Waals surface area (Å²) in [6, 6.07) is 0. The van der Waals surface area contributed by atoms with Crippen molar-refractivity contribution in [3.63, 3.8) is 0 Å². The molecule has 0 aromatic carbocycles. The standard InChI is InChI=1S/C9H18N2O4S/c12-9(13)2-1-5-16(14,15)11-7-8-3-4-10-6-8/h8,10-11H,1-7H2,(H,12,13). The molecule has 3 N–H and O–H groups in total. The van der Waals surface area contributed by atoms with Gasteiger partial charge in [-0.1, -0.05) is 0 Å². The molecule has 0 bridgehead atoms. The number of aliphatic carboxylic acids is 1. The summed E-state index contributed by atoms with van der Waals surface area (Å²) in [5.74, 6) is -0.719. The molecule has 1 atom stereocenters. The van der Waals surface area contributed by atoms with Crippen LogP contribution in [0, 0.1) is 5.92 Å². The molecule has 0 aliphatic carbocycles. The van der Waals surface area contributed by atoms with Crippen LogP contribution in [-0.4, -0.2) is 44.9 Å². The van der Waals surface area contributed by atoms with Gasteiger partial charge in [-0.05, 0) is 31.8 Å². The number of rotatable bonds is 7. The van der Waals surface area contributed by atoms with E-state index in [0.29, 0.717) is 12.5 Å². The van der Waals surface area contributed by atoms with Crippen LogP contribution in [0.15, 0.2) is 0 Å². The van der Waals surface area contributed by atoms with Crippen molar-refractivity contribution in [3.8, 4) is 0 Å². The Bertz CT molecular complexity index is 322. The summed E-state index contributed by atoms with van der Waals surface area (Å²) < 4.78 is 25.4. The zero-order chi connectivity index (χ0) is 12.0. The van der Waals surface area contributed by atoms with Crippen LogP contribution in [0.3, 0.4) is 0 Å². The second kappa shape index (κ2) is 6.17. The molecule has 16 heavy (non-hydrogen) atoms. The van der Waals surface area contributed by atoms with Gasteiger partial charge in [-0.15, -0.1) is 0 Å². The summed E-state index contributed by atoms with van der Waals surface area (Å²) in [6.07, 6.45) is 1.04. The van der Waals surface area contributed by atoms with Crippen LogP contribution >= 0.6 is 0 Å². The summed E-state index contributed by atoms with van der Waals surface area (Å²) in [7, 11) is -3.31. The number of hydrogen-bond acceptors (Lipinski definition) is 4. The average Bonchev–Trinajstić information content (AvgIpc) is 2.66. The summed E-state index contributed by atoms with van der Waals surface area (Å²) in [6.45, 7) is 2.23. The van der Waals surface area contributed by atoms with Gasteiger partial charge in [0.2, 0.25) is 10.0 Å². The van der Waals surface area contributed by atoms with E-state index in [4.69, 9.17) is 5.11 Å². The molecular weight excluding hydrogens is 232 g/mol. The molecule has 1 saturated heterocycles. The molecule has 0 aromatic heterocycles. The van der Waals surface area contributed by atoms with Crippen LogP contribution in [0.5, 0.6) is 0 Å². The van der Waals surface area contributed by atoms with Crippen molar-refractivity contribution in [3.05, 3.63) is 0 Å². The Hall–Kier alpha value is -0.660. The Balaban J connectivity index is 2.20. The van der Waals surface area contributed by atoms with E-state index in [2.05, 4.69) is 10.0 Å². The van der Waals surface area contributed by atoms with Crippen molar-refractivity contribution in [1.82, 2.24) is 10.0 Å². The van der Waals surface area contributed by atoms with Crippen molar-refractivity contribution in [2.45, 2.75) is 19.3 Å². The summed E-state index contributed by atoms with van der Waals surface area (Å²) >= 11 is 0. The highest BCUT2D eigenvalue weighted by molar-refractivity contribution is 7.89. The molecule has 1 unspecified atom stereocenters. The Morgan fingerprint density at radius 3 is 2.81 bits per heavy atom. The molecular formula is C9H18N2O4S. The molecule has 1 heterocycles. The van der Waals surface area contributed by atoms with Crippen molar-refractivity contribution >= 4 is 16.0 Å². The topological polar surface area (TPSA) is 95.5 Å². The zero-order valence-corrected chi connectivity index (χ0v) is 9.92. The smallest absolute Gasteiger partial charge is 0.303 e. The molecule has 0 saturated carbocycles. The lowest BCUT2D eigenvalue weighted by Gasteiger charge is -2.10. The van der Waals surface area contributed by atoms with Crippen molar-refractivity contribution < 1.29 is 18.3 Å². The summed E-state index contributed by atoms with van der Waals surface area (Å²) in [5, 5.41) is 11.5. The van der Waals surface area contributed by atoms with Crippen molar-refractivity contribution in [1.29, 1.82) is 0 Å². The molecule has 0 aromatic rings. The van der Waals surface area contributed by atoms with Gasteiger partial charge in [-0.25, -0.2) is 13.1 Å². The maximum absolute atomic E-state index is 11.4. The minimum absolute atomic E-state index is 0.105. The highest BCUT2D eigenvalue weighted by Gasteiger charge is 2.17. The first-order valence-corrected chi connectivity index (χ1v) is 7.05. The van der Waals surface area contributed by atoms with Crippen LogP contribution in [-0.2, 0) is 14.8 Å². The maximum atomic E-state index is 11.4. The number of nitrogens with one attached hydrogen (secondary N) is 2. The van der Waals surface area contributed by atoms with Crippen molar-refractivity contribution in [2.75, 3.05) is 25.4 Å². The highest BCUT2D eigenvalue weighted by Crippen LogP contribution is 2.06. The lowest BCUT2D eigenvalue weighted by molar-refractivity contribution is -0.137. The van der Waals surface area contributed by atoms with E-state index >= 15 is 0 Å². The van der Waals surface area contributed by atoms with E-state index in [9.17, 15) is 13.2 Å². The van der Waals surface area contributed by atoms with Gasteiger partial charge in [0.1, 0.15) is 0 Å². The largest absolute Gasteiger partial charge is 0.481 e. The second-order valence-electron chi connectivity index (χ2n) is 4.02. The van der Waals surface area contributed by atoms with Gasteiger partial charge < -0.3 is 10.4 Å². The molecule has 1 rings (SSSR count). The average molecular weight is 250 g/mol. The molecule has 0 radical (unpaired) electrons. The molecule has 94 valence electrons. The first kappa shape index (κ1) is 13.4. The zero-order valence-electron chi connectivity index (χ0n) is 9.11. The third-order valence-corrected chi connectivity index (χ3v) is 3.99. The quantitative estimate of drug-likeness (QED) is 0.559.